The van der Waals surface area contributed by atoms with Crippen LogP contribution in [-0.4, -0.2) is 18.7 Å². The number of aryl methyl sites for hydroxylation is 7. The zero-order valence-corrected chi connectivity index (χ0v) is 45.1. The molecule has 8 heterocycles. The maximum absolute atomic E-state index is 7.19. The van der Waals surface area contributed by atoms with Gasteiger partial charge < -0.3 is 0 Å². The van der Waals surface area contributed by atoms with Crippen LogP contribution in [0.2, 0.25) is 0 Å². The minimum atomic E-state index is 0.691. The molecule has 0 aliphatic carbocycles. The summed E-state index contributed by atoms with van der Waals surface area (Å²) in [6, 6.07) is 43.4. The Kier molecular flexibility index (Phi) is 11.2. The van der Waals surface area contributed by atoms with Crippen LogP contribution in [0.4, 0.5) is 22.7 Å². The molecule has 0 fully saturated rings. The van der Waals surface area contributed by atoms with Gasteiger partial charge >= 0.3 is 0 Å². The maximum Gasteiger partial charge on any atom is 0.204 e. The fourth-order valence-electron chi connectivity index (χ4n) is 12.4. The second kappa shape index (κ2) is 18.4. The molecule has 0 amide bonds. The van der Waals surface area contributed by atoms with Crippen LogP contribution < -0.4 is 18.7 Å². The molecule has 12 nitrogen and oxygen atoms in total. The second-order valence-corrected chi connectivity index (χ2v) is 21.4. The third-order valence-corrected chi connectivity index (χ3v) is 16.0. The largest absolute Gasteiger partial charge is 0.238 e. The molecule has 0 saturated carbocycles. The minimum absolute atomic E-state index is 0.691. The first-order valence-corrected chi connectivity index (χ1v) is 26.4. The number of aromatic nitrogens is 8. The number of hydrogen-bond acceptors (Lipinski definition) is 0. The zero-order chi connectivity index (χ0) is 54.5. The summed E-state index contributed by atoms with van der Waals surface area (Å²) in [6.07, 6.45) is 8.64. The molecule has 4 aliphatic rings. The van der Waals surface area contributed by atoms with Crippen LogP contribution in [0.15, 0.2) is 152 Å². The van der Waals surface area contributed by atoms with Crippen molar-refractivity contribution < 1.29 is 18.7 Å². The predicted molar refractivity (Wildman–Crippen MR) is 308 cm³/mol. The summed E-state index contributed by atoms with van der Waals surface area (Å²) in [5, 5.41) is 4.73. The smallest absolute Gasteiger partial charge is 0.204 e. The van der Waals surface area contributed by atoms with Gasteiger partial charge in [-0.3, -0.25) is 0 Å². The maximum atomic E-state index is 7.19. The Balaban J connectivity index is 0.0000000999. The first-order chi connectivity index (χ1) is 38.3. The first kappa shape index (κ1) is 48.3. The van der Waals surface area contributed by atoms with Crippen molar-refractivity contribution in [3.63, 3.8) is 0 Å². The first-order valence-electron chi connectivity index (χ1n) is 26.4. The van der Waals surface area contributed by atoms with Crippen LogP contribution >= 0.6 is 0 Å². The van der Waals surface area contributed by atoms with Crippen LogP contribution in [0, 0.1) is 74.8 Å². The van der Waals surface area contributed by atoms with E-state index < -0.39 is 0 Å². The lowest BCUT2D eigenvalue weighted by Crippen LogP contribution is -2.36. The monoisotopic (exact) mass is 1030 g/mol. The van der Waals surface area contributed by atoms with Crippen molar-refractivity contribution in [3.05, 3.63) is 259 Å². The van der Waals surface area contributed by atoms with E-state index in [0.717, 1.165) is 48.2 Å². The third-order valence-electron chi connectivity index (χ3n) is 16.0. The number of benzene rings is 8. The molecule has 0 atom stereocenters. The van der Waals surface area contributed by atoms with Crippen LogP contribution in [0.5, 0.6) is 0 Å². The van der Waals surface area contributed by atoms with Crippen molar-refractivity contribution in [2.24, 2.45) is 0 Å². The number of hydrogen-bond donors (Lipinski definition) is 0. The number of nitrogens with zero attached hydrogens (tertiary/aromatic N) is 12. The molecular formula is C67H54N12+4. The summed E-state index contributed by atoms with van der Waals surface area (Å²) in [4.78, 5) is 14.2. The van der Waals surface area contributed by atoms with E-state index in [2.05, 4.69) is 185 Å². The molecule has 0 saturated heterocycles. The van der Waals surface area contributed by atoms with Crippen molar-refractivity contribution in [2.75, 3.05) is 0 Å². The van der Waals surface area contributed by atoms with Gasteiger partial charge in [-0.05, 0) is 130 Å². The van der Waals surface area contributed by atoms with Gasteiger partial charge in [0.1, 0.15) is 44.8 Å². The minimum Gasteiger partial charge on any atom is -0.238 e. The standard InChI is InChI=1S/3C17H14N3.C16H12N3/c1-11-6-14-10-19-9-13-4-5-15(18-3)8-17(13)20(19)16(14)7-12(11)2;1-11-6-12(2)17-14(7-11)10-19-9-13-4-5-15(18-3)8-16(13)20(17)19;1-11-6-12(2)15-10-19-9-13-4-5-14(18-3)8-16(13)20(19)17(15)7-11;1-11-4-3-5-13-10-18-9-12-6-7-14(17-2)8-15(12)19(18)16(11)13/h3*4-9H,10H2,1-2H3;3-9H,10H2,1H3/q4*+1. The van der Waals surface area contributed by atoms with E-state index in [1.54, 1.807) is 0 Å². The number of rotatable bonds is 0. The summed E-state index contributed by atoms with van der Waals surface area (Å²) >= 11 is 0. The van der Waals surface area contributed by atoms with Gasteiger partial charge in [-0.15, -0.1) is 37.5 Å². The highest BCUT2D eigenvalue weighted by atomic mass is 15.4. The highest BCUT2D eigenvalue weighted by Crippen LogP contribution is 2.34. The lowest BCUT2D eigenvalue weighted by Gasteiger charge is -2.04. The molecule has 16 rings (SSSR count). The van der Waals surface area contributed by atoms with Gasteiger partial charge in [0.15, 0.2) is 48.9 Å². The lowest BCUT2D eigenvalue weighted by atomic mass is 10.0. The second-order valence-electron chi connectivity index (χ2n) is 21.4. The van der Waals surface area contributed by atoms with Crippen molar-refractivity contribution >= 4 is 66.4 Å². The molecule has 8 aromatic carbocycles. The van der Waals surface area contributed by atoms with Crippen molar-refractivity contribution in [1.82, 2.24) is 18.7 Å². The normalized spacial score (nSPS) is 12.2. The molecule has 4 aliphatic heterocycles. The lowest BCUT2D eigenvalue weighted by molar-refractivity contribution is -0.749. The zero-order valence-electron chi connectivity index (χ0n) is 45.1. The molecule has 79 heavy (non-hydrogen) atoms. The van der Waals surface area contributed by atoms with Gasteiger partial charge in [0.05, 0.1) is 53.4 Å². The summed E-state index contributed by atoms with van der Waals surface area (Å²) in [5.41, 5.74) is 26.8. The van der Waals surface area contributed by atoms with Crippen molar-refractivity contribution in [3.8, 4) is 22.7 Å². The fourth-order valence-corrected chi connectivity index (χ4v) is 12.4. The topological polar surface area (TPSA) is 52.7 Å². The molecule has 12 aromatic rings. The van der Waals surface area contributed by atoms with Gasteiger partial charge in [-0.2, -0.15) is 0 Å². The number of para-hydroxylation sites is 1. The molecule has 0 unspecified atom stereocenters. The van der Waals surface area contributed by atoms with Gasteiger partial charge in [-0.25, -0.2) is 19.4 Å². The van der Waals surface area contributed by atoms with Crippen LogP contribution in [0.1, 0.15) is 61.2 Å². The molecule has 4 aromatic heterocycles. The number of fused-ring (bicyclic) bond motifs is 20. The third kappa shape index (κ3) is 7.92. The predicted octanol–water partition coefficient (Wildman–Crippen LogP) is 13.5. The summed E-state index contributed by atoms with van der Waals surface area (Å²) in [6.45, 7) is 47.4. The van der Waals surface area contributed by atoms with Gasteiger partial charge in [0, 0.05) is 16.7 Å². The summed E-state index contributed by atoms with van der Waals surface area (Å²) in [7, 11) is 0. The van der Waals surface area contributed by atoms with E-state index >= 15 is 0 Å². The van der Waals surface area contributed by atoms with E-state index in [4.69, 9.17) is 26.3 Å². The van der Waals surface area contributed by atoms with Gasteiger partial charge in [0.25, 0.3) is 0 Å². The van der Waals surface area contributed by atoms with Gasteiger partial charge in [0.2, 0.25) is 24.8 Å². The SMILES string of the molecule is [C-]#[N+]c1ccc2c[n+]3n(c2c1)-c1c(C)cc(C)cc1C3.[C-]#[N+]c1ccc2c[n+]3n(c2c1)-c1c(C)cccc1C3.[C-]#[N+]c1ccc2c[n+]3n(c2c1)-c1cc(C)c(C)cc1C3.[C-]#[N+]c1ccc2c[n+]3n(c2c1)-c1cc(C)cc(C)c1C3. The quantitative estimate of drug-likeness (QED) is 0.107. The molecule has 12 heteroatoms. The Labute approximate surface area is 458 Å². The average molecular weight is 1030 g/mol. The fraction of sp³-hybridized carbons (Fsp3) is 0.164. The Morgan fingerprint density at radius 2 is 0.759 bits per heavy atom. The van der Waals surface area contributed by atoms with Crippen LogP contribution in [0.3, 0.4) is 0 Å². The highest BCUT2D eigenvalue weighted by Gasteiger charge is 2.33. The van der Waals surface area contributed by atoms with Crippen molar-refractivity contribution in [2.45, 2.75) is 74.6 Å². The van der Waals surface area contributed by atoms with E-state index in [1.807, 2.05) is 72.8 Å². The molecule has 0 N–H and O–H groups in total. The summed E-state index contributed by atoms with van der Waals surface area (Å²) < 4.78 is 17.8. The molecule has 378 valence electrons. The Hall–Kier alpha value is -10.4. The molecule has 0 bridgehead atoms. The van der Waals surface area contributed by atoms with Gasteiger partial charge in [-0.1, -0.05) is 84.4 Å². The van der Waals surface area contributed by atoms with Crippen LogP contribution in [0.25, 0.3) is 85.7 Å². The molecular weight excluding hydrogens is 973 g/mol. The Morgan fingerprint density at radius 3 is 1.29 bits per heavy atom. The molecule has 0 radical (unpaired) electrons. The Bertz CT molecular complexity index is 4810. The van der Waals surface area contributed by atoms with E-state index in [9.17, 15) is 0 Å². The summed E-state index contributed by atoms with van der Waals surface area (Å²) in [5.74, 6) is 0. The van der Waals surface area contributed by atoms with E-state index in [-0.39, 0.29) is 0 Å². The van der Waals surface area contributed by atoms with E-state index in [0.29, 0.717) is 22.7 Å². The Morgan fingerprint density at radius 1 is 0.342 bits per heavy atom. The van der Waals surface area contributed by atoms with E-state index in [1.165, 1.54) is 105 Å². The highest BCUT2D eigenvalue weighted by molar-refractivity contribution is 5.87. The van der Waals surface area contributed by atoms with Crippen LogP contribution in [-0.2, 0) is 26.2 Å². The molecule has 0 spiro atoms. The average Bonchev–Trinajstić information content (AvgIpc) is 4.42. The van der Waals surface area contributed by atoms with Crippen molar-refractivity contribution in [1.29, 1.82) is 0 Å².